The largest absolute Gasteiger partial charge is 0.302 e. The minimum Gasteiger partial charge on any atom is -0.302 e. The Kier molecular flexibility index (Phi) is 6.71. The number of nitrogens with one attached hydrogen (secondary N) is 1. The van der Waals surface area contributed by atoms with Gasteiger partial charge in [0, 0.05) is 0 Å². The van der Waals surface area contributed by atoms with E-state index in [2.05, 4.69) is 90.2 Å². The third-order valence-electron chi connectivity index (χ3n) is 5.77. The molecule has 1 atom stereocenters. The van der Waals surface area contributed by atoms with Gasteiger partial charge in [0.1, 0.15) is 6.29 Å². The van der Waals surface area contributed by atoms with Crippen molar-refractivity contribution in [2.75, 3.05) is 0 Å². The quantitative estimate of drug-likeness (QED) is 0.283. The molecule has 1 N–H and O–H groups in total. The van der Waals surface area contributed by atoms with Crippen LogP contribution in [0.25, 0.3) is 0 Å². The van der Waals surface area contributed by atoms with Crippen LogP contribution in [-0.2, 0) is 16.8 Å². The molecule has 0 aliphatic heterocycles. The van der Waals surface area contributed by atoms with E-state index < -0.39 is 5.54 Å². The average Bonchev–Trinajstić information content (AvgIpc) is 2.87. The van der Waals surface area contributed by atoms with Gasteiger partial charge in [-0.25, -0.2) is 0 Å². The lowest BCUT2D eigenvalue weighted by Gasteiger charge is -2.39. The van der Waals surface area contributed by atoms with Crippen LogP contribution in [0.1, 0.15) is 28.7 Å². The molecule has 0 aliphatic carbocycles. The number of carbonyl (C=O) groups excluding carboxylic acids is 1. The summed E-state index contributed by atoms with van der Waals surface area (Å²) in [7, 11) is 0. The molecule has 2 nitrogen and oxygen atoms in total. The summed E-state index contributed by atoms with van der Waals surface area (Å²) in [5, 5.41) is 3.77. The molecule has 0 fully saturated rings. The second kappa shape index (κ2) is 10.0. The van der Waals surface area contributed by atoms with E-state index in [0.29, 0.717) is 0 Å². The van der Waals surface area contributed by atoms with Crippen molar-refractivity contribution in [3.8, 4) is 0 Å². The molecule has 4 aromatic rings. The first kappa shape index (κ1) is 20.8. The van der Waals surface area contributed by atoms with Gasteiger partial charge >= 0.3 is 0 Å². The fraction of sp³-hybridized carbons (Fsp3) is 0.138. The van der Waals surface area contributed by atoms with Crippen LogP contribution in [0, 0.1) is 0 Å². The molecule has 0 amide bonds. The van der Waals surface area contributed by atoms with Gasteiger partial charge in [0.25, 0.3) is 0 Å². The van der Waals surface area contributed by atoms with Gasteiger partial charge in [0.2, 0.25) is 0 Å². The standard InChI is InChI=1S/C29H27NO/c31-23-28(22-21-24-13-5-1-6-14-24)30-29(25-15-7-2-8-16-25,26-17-9-3-10-18-26)27-19-11-4-12-20-27/h1-20,23,28,30H,21-22H2/t28-/m0/s1. The highest BCUT2D eigenvalue weighted by Crippen LogP contribution is 2.37. The summed E-state index contributed by atoms with van der Waals surface area (Å²) < 4.78 is 0. The monoisotopic (exact) mass is 405 g/mol. The van der Waals surface area contributed by atoms with E-state index in [1.807, 2.05) is 36.4 Å². The van der Waals surface area contributed by atoms with Gasteiger partial charge in [-0.3, -0.25) is 5.32 Å². The third-order valence-corrected chi connectivity index (χ3v) is 5.77. The Bertz CT molecular complexity index is 966. The topological polar surface area (TPSA) is 29.1 Å². The predicted molar refractivity (Wildman–Crippen MR) is 127 cm³/mol. The molecule has 154 valence electrons. The van der Waals surface area contributed by atoms with Crippen LogP contribution in [-0.4, -0.2) is 12.3 Å². The smallest absolute Gasteiger partial charge is 0.136 e. The number of aldehydes is 1. The van der Waals surface area contributed by atoms with E-state index in [1.165, 1.54) is 5.56 Å². The van der Waals surface area contributed by atoms with Crippen LogP contribution in [0.15, 0.2) is 121 Å². The fourth-order valence-corrected chi connectivity index (χ4v) is 4.23. The van der Waals surface area contributed by atoms with Crippen LogP contribution >= 0.6 is 0 Å². The second-order valence-corrected chi connectivity index (χ2v) is 7.76. The Morgan fingerprint density at radius 3 is 1.39 bits per heavy atom. The highest BCUT2D eigenvalue weighted by molar-refractivity contribution is 5.60. The zero-order chi connectivity index (χ0) is 21.4. The Morgan fingerprint density at radius 2 is 1.00 bits per heavy atom. The highest BCUT2D eigenvalue weighted by Gasteiger charge is 2.37. The van der Waals surface area contributed by atoms with Gasteiger partial charge < -0.3 is 4.79 Å². The minimum absolute atomic E-state index is 0.305. The fourth-order valence-electron chi connectivity index (χ4n) is 4.23. The van der Waals surface area contributed by atoms with Crippen molar-refractivity contribution in [3.63, 3.8) is 0 Å². The van der Waals surface area contributed by atoms with Crippen LogP contribution in [0.3, 0.4) is 0 Å². The van der Waals surface area contributed by atoms with E-state index in [4.69, 9.17) is 0 Å². The predicted octanol–water partition coefficient (Wildman–Crippen LogP) is 5.77. The van der Waals surface area contributed by atoms with Crippen molar-refractivity contribution in [2.24, 2.45) is 0 Å². The molecule has 31 heavy (non-hydrogen) atoms. The molecule has 2 heteroatoms. The van der Waals surface area contributed by atoms with Gasteiger partial charge in [-0.05, 0) is 35.1 Å². The Hall–Kier alpha value is -3.49. The lowest BCUT2D eigenvalue weighted by Crippen LogP contribution is -2.50. The zero-order valence-corrected chi connectivity index (χ0v) is 17.5. The lowest BCUT2D eigenvalue weighted by atomic mass is 9.76. The molecule has 0 radical (unpaired) electrons. The molecule has 0 saturated heterocycles. The zero-order valence-electron chi connectivity index (χ0n) is 17.5. The summed E-state index contributed by atoms with van der Waals surface area (Å²) in [6.07, 6.45) is 2.61. The molecule has 4 rings (SSSR count). The number of carbonyl (C=O) groups is 1. The van der Waals surface area contributed by atoms with E-state index >= 15 is 0 Å². The van der Waals surface area contributed by atoms with Crippen LogP contribution in [0.2, 0.25) is 0 Å². The maximum absolute atomic E-state index is 12.2. The molecule has 0 aromatic heterocycles. The first-order valence-electron chi connectivity index (χ1n) is 10.8. The summed E-state index contributed by atoms with van der Waals surface area (Å²) in [5.74, 6) is 0. The van der Waals surface area contributed by atoms with E-state index in [-0.39, 0.29) is 6.04 Å². The minimum atomic E-state index is -0.633. The van der Waals surface area contributed by atoms with Crippen molar-refractivity contribution in [1.82, 2.24) is 5.32 Å². The van der Waals surface area contributed by atoms with Crippen molar-refractivity contribution in [3.05, 3.63) is 144 Å². The van der Waals surface area contributed by atoms with E-state index in [9.17, 15) is 4.79 Å². The second-order valence-electron chi connectivity index (χ2n) is 7.76. The van der Waals surface area contributed by atoms with Gasteiger partial charge in [-0.15, -0.1) is 0 Å². The van der Waals surface area contributed by atoms with Crippen molar-refractivity contribution in [1.29, 1.82) is 0 Å². The van der Waals surface area contributed by atoms with E-state index in [1.54, 1.807) is 0 Å². The molecule has 0 spiro atoms. The van der Waals surface area contributed by atoms with Gasteiger partial charge in [-0.1, -0.05) is 121 Å². The maximum Gasteiger partial charge on any atom is 0.136 e. The molecule has 0 unspecified atom stereocenters. The molecule has 0 saturated carbocycles. The number of hydrogen-bond donors (Lipinski definition) is 1. The first-order chi connectivity index (χ1) is 15.3. The van der Waals surface area contributed by atoms with Crippen molar-refractivity contribution < 1.29 is 4.79 Å². The number of hydrogen-bond acceptors (Lipinski definition) is 2. The SMILES string of the molecule is O=C[C@H](CCc1ccccc1)NC(c1ccccc1)(c1ccccc1)c1ccccc1. The van der Waals surface area contributed by atoms with Gasteiger partial charge in [0.05, 0.1) is 11.6 Å². The normalized spacial score (nSPS) is 12.3. The molecule has 0 bridgehead atoms. The molecule has 4 aromatic carbocycles. The average molecular weight is 406 g/mol. The molecular formula is C29H27NO. The molecular weight excluding hydrogens is 378 g/mol. The summed E-state index contributed by atoms with van der Waals surface area (Å²) >= 11 is 0. The number of rotatable bonds is 9. The van der Waals surface area contributed by atoms with Crippen molar-refractivity contribution >= 4 is 6.29 Å². The summed E-state index contributed by atoms with van der Waals surface area (Å²) in [6.45, 7) is 0. The van der Waals surface area contributed by atoms with Crippen LogP contribution in [0.5, 0.6) is 0 Å². The lowest BCUT2D eigenvalue weighted by molar-refractivity contribution is -0.110. The summed E-state index contributed by atoms with van der Waals surface area (Å²) in [4.78, 5) is 12.2. The Morgan fingerprint density at radius 1 is 0.613 bits per heavy atom. The first-order valence-corrected chi connectivity index (χ1v) is 10.8. The van der Waals surface area contributed by atoms with Gasteiger partial charge in [0.15, 0.2) is 0 Å². The summed E-state index contributed by atoms with van der Waals surface area (Å²) in [5.41, 5.74) is 3.93. The molecule has 0 aliphatic rings. The summed E-state index contributed by atoms with van der Waals surface area (Å²) in [6, 6.07) is 41.2. The number of benzene rings is 4. The van der Waals surface area contributed by atoms with Crippen LogP contribution < -0.4 is 5.32 Å². The van der Waals surface area contributed by atoms with Crippen molar-refractivity contribution in [2.45, 2.75) is 24.4 Å². The maximum atomic E-state index is 12.2. The number of aryl methyl sites for hydroxylation is 1. The van der Waals surface area contributed by atoms with Gasteiger partial charge in [-0.2, -0.15) is 0 Å². The highest BCUT2D eigenvalue weighted by atomic mass is 16.1. The third kappa shape index (κ3) is 4.65. The Balaban J connectivity index is 1.78. The molecule has 0 heterocycles. The van der Waals surface area contributed by atoms with Crippen LogP contribution in [0.4, 0.5) is 0 Å². The Labute approximate surface area is 184 Å². The van der Waals surface area contributed by atoms with E-state index in [0.717, 1.165) is 35.8 Å².